The van der Waals surface area contributed by atoms with Crippen LogP contribution >= 0.6 is 0 Å². The summed E-state index contributed by atoms with van der Waals surface area (Å²) in [4.78, 5) is 9.25. The Balaban J connectivity index is 1.89. The van der Waals surface area contributed by atoms with Crippen LogP contribution in [0.15, 0.2) is 72.9 Å². The summed E-state index contributed by atoms with van der Waals surface area (Å²) in [7, 11) is 1.67. The molecule has 0 bridgehead atoms. The molecule has 25 heavy (non-hydrogen) atoms. The van der Waals surface area contributed by atoms with Crippen molar-refractivity contribution in [1.29, 1.82) is 0 Å². The lowest BCUT2D eigenvalue weighted by Gasteiger charge is -2.06. The molecule has 0 aliphatic heterocycles. The van der Waals surface area contributed by atoms with Crippen LogP contribution in [0.1, 0.15) is 11.4 Å². The number of rotatable bonds is 4. The van der Waals surface area contributed by atoms with Gasteiger partial charge in [-0.1, -0.05) is 42.5 Å². The van der Waals surface area contributed by atoms with E-state index in [0.29, 0.717) is 0 Å². The average Bonchev–Trinajstić information content (AvgIpc) is 3.05. The number of hydrogen-bond acceptors (Lipinski definition) is 3. The zero-order valence-electron chi connectivity index (χ0n) is 13.8. The first-order valence-corrected chi connectivity index (χ1v) is 8.06. The highest BCUT2D eigenvalue weighted by Crippen LogP contribution is 2.25. The van der Waals surface area contributed by atoms with Crippen LogP contribution in [0, 0.1) is 0 Å². The Labute approximate surface area is 146 Å². The Morgan fingerprint density at radius 1 is 0.920 bits per heavy atom. The van der Waals surface area contributed by atoms with E-state index >= 15 is 0 Å². The van der Waals surface area contributed by atoms with E-state index in [0.717, 1.165) is 34.0 Å². The molecular weight excluding hydrogens is 310 g/mol. The van der Waals surface area contributed by atoms with Gasteiger partial charge in [-0.2, -0.15) is 0 Å². The molecule has 122 valence electrons. The number of fused-ring (bicyclic) bond motifs is 1. The van der Waals surface area contributed by atoms with Gasteiger partial charge in [0.25, 0.3) is 0 Å². The van der Waals surface area contributed by atoms with Crippen LogP contribution in [0.4, 0.5) is 0 Å². The van der Waals surface area contributed by atoms with Crippen molar-refractivity contribution in [2.24, 2.45) is 0 Å². The summed E-state index contributed by atoms with van der Waals surface area (Å²) in [5.74, 6) is 2.44. The predicted molar refractivity (Wildman–Crippen MR) is 101 cm³/mol. The Kier molecular flexibility index (Phi) is 4.01. The second kappa shape index (κ2) is 6.61. The molecule has 0 unspecified atom stereocenters. The molecule has 2 aromatic heterocycles. The van der Waals surface area contributed by atoms with Crippen molar-refractivity contribution in [3.63, 3.8) is 0 Å². The van der Waals surface area contributed by atoms with Crippen molar-refractivity contribution in [2.75, 3.05) is 7.11 Å². The highest BCUT2D eigenvalue weighted by Gasteiger charge is 2.12. The van der Waals surface area contributed by atoms with E-state index in [-0.39, 0.29) is 0 Å². The van der Waals surface area contributed by atoms with E-state index in [1.807, 2.05) is 65.2 Å². The van der Waals surface area contributed by atoms with Crippen LogP contribution in [-0.4, -0.2) is 21.6 Å². The van der Waals surface area contributed by atoms with Crippen molar-refractivity contribution in [3.8, 4) is 11.6 Å². The van der Waals surface area contributed by atoms with Crippen LogP contribution in [0.5, 0.6) is 5.75 Å². The summed E-state index contributed by atoms with van der Waals surface area (Å²) in [6.07, 6.45) is 5.85. The number of benzene rings is 2. The number of imidazole rings is 1. The van der Waals surface area contributed by atoms with Gasteiger partial charge >= 0.3 is 0 Å². The van der Waals surface area contributed by atoms with Crippen LogP contribution in [-0.2, 0) is 0 Å². The molecule has 0 saturated carbocycles. The SMILES string of the molecule is COc1ccc2nc(/C=C/c3ccccc3)n(-c3ccccn3)c2c1. The molecule has 4 rings (SSSR count). The van der Waals surface area contributed by atoms with Crippen molar-refractivity contribution < 1.29 is 4.74 Å². The molecule has 4 nitrogen and oxygen atoms in total. The fourth-order valence-electron chi connectivity index (χ4n) is 2.77. The molecule has 4 heteroatoms. The smallest absolute Gasteiger partial charge is 0.139 e. The first kappa shape index (κ1) is 15.1. The third-order valence-electron chi connectivity index (χ3n) is 3.99. The summed E-state index contributed by atoms with van der Waals surface area (Å²) in [5, 5.41) is 0. The van der Waals surface area contributed by atoms with Gasteiger partial charge in [-0.3, -0.25) is 4.57 Å². The van der Waals surface area contributed by atoms with Crippen LogP contribution < -0.4 is 4.74 Å². The predicted octanol–water partition coefficient (Wildman–Crippen LogP) is 4.60. The number of hydrogen-bond donors (Lipinski definition) is 0. The van der Waals surface area contributed by atoms with Gasteiger partial charge in [-0.15, -0.1) is 0 Å². The molecule has 0 atom stereocenters. The normalized spacial score (nSPS) is 11.2. The molecule has 0 radical (unpaired) electrons. The first-order chi connectivity index (χ1) is 12.3. The Hall–Kier alpha value is -3.40. The van der Waals surface area contributed by atoms with Crippen molar-refractivity contribution >= 4 is 23.2 Å². The summed E-state index contributed by atoms with van der Waals surface area (Å²) in [5.41, 5.74) is 2.99. The third-order valence-corrected chi connectivity index (χ3v) is 3.99. The third kappa shape index (κ3) is 3.02. The number of pyridine rings is 1. The highest BCUT2D eigenvalue weighted by molar-refractivity contribution is 5.83. The van der Waals surface area contributed by atoms with Crippen LogP contribution in [0.25, 0.3) is 29.0 Å². The highest BCUT2D eigenvalue weighted by atomic mass is 16.5. The zero-order chi connectivity index (χ0) is 17.1. The molecule has 0 fully saturated rings. The van der Waals surface area contributed by atoms with E-state index in [1.165, 1.54) is 0 Å². The fraction of sp³-hybridized carbons (Fsp3) is 0.0476. The van der Waals surface area contributed by atoms with Gasteiger partial charge in [0.1, 0.15) is 17.4 Å². The van der Waals surface area contributed by atoms with Crippen molar-refractivity contribution in [1.82, 2.24) is 14.5 Å². The number of ether oxygens (including phenoxy) is 1. The number of methoxy groups -OCH3 is 1. The Bertz CT molecular complexity index is 1020. The van der Waals surface area contributed by atoms with E-state index in [1.54, 1.807) is 13.3 Å². The molecule has 0 saturated heterocycles. The molecule has 0 N–H and O–H groups in total. The van der Waals surface area contributed by atoms with Gasteiger partial charge in [0.2, 0.25) is 0 Å². The summed E-state index contributed by atoms with van der Waals surface area (Å²) in [6.45, 7) is 0. The molecule has 4 aromatic rings. The maximum atomic E-state index is 5.37. The van der Waals surface area contributed by atoms with Gasteiger partial charge in [0.15, 0.2) is 0 Å². The summed E-state index contributed by atoms with van der Waals surface area (Å²) in [6, 6.07) is 21.9. The maximum absolute atomic E-state index is 5.37. The average molecular weight is 327 g/mol. The summed E-state index contributed by atoms with van der Waals surface area (Å²) >= 11 is 0. The van der Waals surface area contributed by atoms with E-state index in [2.05, 4.69) is 23.2 Å². The monoisotopic (exact) mass is 327 g/mol. The topological polar surface area (TPSA) is 39.9 Å². The standard InChI is InChI=1S/C21H17N3O/c1-25-17-11-12-18-19(15-17)24(20-9-5-6-14-22-20)21(23-18)13-10-16-7-3-2-4-8-16/h2-15H,1H3/b13-10+. The number of nitrogens with zero attached hydrogens (tertiary/aromatic N) is 3. The van der Waals surface area contributed by atoms with Gasteiger partial charge < -0.3 is 4.74 Å². The van der Waals surface area contributed by atoms with E-state index in [4.69, 9.17) is 9.72 Å². The van der Waals surface area contributed by atoms with Gasteiger partial charge in [-0.05, 0) is 35.9 Å². The van der Waals surface area contributed by atoms with Gasteiger partial charge in [-0.25, -0.2) is 9.97 Å². The zero-order valence-corrected chi connectivity index (χ0v) is 13.8. The minimum atomic E-state index is 0.795. The quantitative estimate of drug-likeness (QED) is 0.550. The number of aromatic nitrogens is 3. The molecule has 0 aliphatic carbocycles. The minimum Gasteiger partial charge on any atom is -0.497 e. The van der Waals surface area contributed by atoms with Crippen LogP contribution in [0.2, 0.25) is 0 Å². The van der Waals surface area contributed by atoms with E-state index in [9.17, 15) is 0 Å². The molecule has 0 aliphatic rings. The van der Waals surface area contributed by atoms with Crippen molar-refractivity contribution in [3.05, 3.63) is 84.3 Å². The largest absolute Gasteiger partial charge is 0.497 e. The second-order valence-electron chi connectivity index (χ2n) is 5.59. The van der Waals surface area contributed by atoms with Crippen molar-refractivity contribution in [2.45, 2.75) is 0 Å². The summed E-state index contributed by atoms with van der Waals surface area (Å²) < 4.78 is 7.41. The van der Waals surface area contributed by atoms with Gasteiger partial charge in [0, 0.05) is 12.3 Å². The molecule has 0 spiro atoms. The molecule has 0 amide bonds. The second-order valence-corrected chi connectivity index (χ2v) is 5.59. The van der Waals surface area contributed by atoms with Gasteiger partial charge in [0.05, 0.1) is 18.1 Å². The molecule has 2 heterocycles. The van der Waals surface area contributed by atoms with Crippen LogP contribution in [0.3, 0.4) is 0 Å². The fourth-order valence-corrected chi connectivity index (χ4v) is 2.77. The van der Waals surface area contributed by atoms with E-state index < -0.39 is 0 Å². The Morgan fingerprint density at radius 3 is 2.52 bits per heavy atom. The first-order valence-electron chi connectivity index (χ1n) is 8.06. The molecule has 2 aromatic carbocycles. The lowest BCUT2D eigenvalue weighted by Crippen LogP contribution is -1.99. The lowest BCUT2D eigenvalue weighted by molar-refractivity contribution is 0.415. The maximum Gasteiger partial charge on any atom is 0.139 e. The molecular formula is C21H17N3O. The Morgan fingerprint density at radius 2 is 1.76 bits per heavy atom. The minimum absolute atomic E-state index is 0.795. The lowest BCUT2D eigenvalue weighted by atomic mass is 10.2.